The van der Waals surface area contributed by atoms with E-state index in [1.54, 1.807) is 0 Å². The van der Waals surface area contributed by atoms with Crippen LogP contribution in [-0.4, -0.2) is 40.0 Å². The Morgan fingerprint density at radius 1 is 1.35 bits per heavy atom. The van der Waals surface area contributed by atoms with Crippen molar-refractivity contribution < 1.29 is 18.7 Å². The fraction of sp³-hybridized carbons (Fsp3) is 0.471. The molecule has 1 fully saturated rings. The number of rotatable bonds is 4. The average Bonchev–Trinajstić information content (AvgIpc) is 2.90. The number of hydrogen-bond donors (Lipinski definition) is 2. The highest BCUT2D eigenvalue weighted by atomic mass is 19.3. The van der Waals surface area contributed by atoms with Crippen LogP contribution in [0.2, 0.25) is 0 Å². The van der Waals surface area contributed by atoms with E-state index in [0.29, 0.717) is 13.1 Å². The third kappa shape index (κ3) is 3.69. The van der Waals surface area contributed by atoms with E-state index >= 15 is 0 Å². The Balaban J connectivity index is 1.68. The number of halogens is 2. The lowest BCUT2D eigenvalue weighted by Gasteiger charge is -2.22. The van der Waals surface area contributed by atoms with Crippen LogP contribution >= 0.6 is 0 Å². The van der Waals surface area contributed by atoms with Crippen molar-refractivity contribution in [1.29, 1.82) is 0 Å². The smallest absolute Gasteiger partial charge is 0.303 e. The number of benzene rings is 1. The Labute approximate surface area is 133 Å². The van der Waals surface area contributed by atoms with Gasteiger partial charge in [-0.1, -0.05) is 12.1 Å². The number of nitrogens with zero attached hydrogens (tertiary/aromatic N) is 1. The van der Waals surface area contributed by atoms with Gasteiger partial charge in [0, 0.05) is 37.1 Å². The second kappa shape index (κ2) is 6.28. The molecule has 2 N–H and O–H groups in total. The number of carboxylic acid groups (broad SMARTS) is 1. The van der Waals surface area contributed by atoms with Gasteiger partial charge in [-0.25, -0.2) is 8.78 Å². The Morgan fingerprint density at radius 2 is 2.17 bits per heavy atom. The molecule has 0 amide bonds. The van der Waals surface area contributed by atoms with Crippen LogP contribution in [0.4, 0.5) is 8.78 Å². The van der Waals surface area contributed by atoms with Gasteiger partial charge in [-0.05, 0) is 36.0 Å². The summed E-state index contributed by atoms with van der Waals surface area (Å²) in [6.07, 6.45) is 1.34. The van der Waals surface area contributed by atoms with Gasteiger partial charge in [0.1, 0.15) is 0 Å². The average molecular weight is 322 g/mol. The first kappa shape index (κ1) is 15.9. The predicted molar refractivity (Wildman–Crippen MR) is 83.5 cm³/mol. The first-order valence-corrected chi connectivity index (χ1v) is 7.82. The van der Waals surface area contributed by atoms with Gasteiger partial charge in [0.15, 0.2) is 0 Å². The molecule has 1 saturated heterocycles. The lowest BCUT2D eigenvalue weighted by atomic mass is 9.93. The summed E-state index contributed by atoms with van der Waals surface area (Å²) >= 11 is 0. The molecule has 0 bridgehead atoms. The number of carboxylic acids is 1. The number of nitrogens with one attached hydrogen (secondary N) is 1. The Bertz CT molecular complexity index is 699. The first-order valence-electron chi connectivity index (χ1n) is 7.82. The van der Waals surface area contributed by atoms with Gasteiger partial charge in [-0.15, -0.1) is 0 Å². The molecular formula is C17H20F2N2O2. The molecule has 0 saturated carbocycles. The minimum absolute atomic E-state index is 0.212. The fourth-order valence-electron chi connectivity index (χ4n) is 3.24. The van der Waals surface area contributed by atoms with Crippen molar-refractivity contribution in [2.24, 2.45) is 5.92 Å². The second-order valence-corrected chi connectivity index (χ2v) is 6.27. The van der Waals surface area contributed by atoms with E-state index in [9.17, 15) is 13.6 Å². The molecule has 23 heavy (non-hydrogen) atoms. The molecule has 4 nitrogen and oxygen atoms in total. The number of likely N-dealkylation sites (tertiary alicyclic amines) is 1. The number of fused-ring (bicyclic) bond motifs is 1. The number of alkyl halides is 2. The number of aromatic amines is 1. The lowest BCUT2D eigenvalue weighted by Crippen LogP contribution is -2.30. The molecule has 1 aliphatic rings. The molecular weight excluding hydrogens is 302 g/mol. The zero-order valence-electron chi connectivity index (χ0n) is 12.8. The zero-order valence-corrected chi connectivity index (χ0v) is 12.8. The van der Waals surface area contributed by atoms with Gasteiger partial charge in [-0.2, -0.15) is 0 Å². The third-order valence-corrected chi connectivity index (χ3v) is 4.60. The van der Waals surface area contributed by atoms with Gasteiger partial charge in [0.05, 0.1) is 6.42 Å². The van der Waals surface area contributed by atoms with E-state index in [4.69, 9.17) is 5.11 Å². The fourth-order valence-corrected chi connectivity index (χ4v) is 3.24. The van der Waals surface area contributed by atoms with E-state index in [-0.39, 0.29) is 19.4 Å². The number of aliphatic carboxylic acids is 1. The second-order valence-electron chi connectivity index (χ2n) is 6.27. The lowest BCUT2D eigenvalue weighted by molar-refractivity contribution is -0.143. The van der Waals surface area contributed by atoms with Crippen LogP contribution in [0.1, 0.15) is 24.8 Å². The molecule has 1 aromatic heterocycles. The van der Waals surface area contributed by atoms with Gasteiger partial charge in [0.2, 0.25) is 0 Å². The van der Waals surface area contributed by atoms with Crippen molar-refractivity contribution >= 4 is 16.9 Å². The number of carbonyl (C=O) groups is 1. The number of H-pyrrole nitrogens is 1. The van der Waals surface area contributed by atoms with E-state index in [0.717, 1.165) is 16.5 Å². The summed E-state index contributed by atoms with van der Waals surface area (Å²) in [7, 11) is 0. The topological polar surface area (TPSA) is 56.3 Å². The van der Waals surface area contributed by atoms with Crippen molar-refractivity contribution in [3.05, 3.63) is 36.0 Å². The third-order valence-electron chi connectivity index (χ3n) is 4.60. The Kier molecular flexibility index (Phi) is 4.35. The molecule has 1 atom stereocenters. The highest BCUT2D eigenvalue weighted by Gasteiger charge is 2.42. The minimum Gasteiger partial charge on any atom is -0.481 e. The summed E-state index contributed by atoms with van der Waals surface area (Å²) in [5.41, 5.74) is 2.10. The monoisotopic (exact) mass is 322 g/mol. The molecule has 1 aromatic carbocycles. The quantitative estimate of drug-likeness (QED) is 0.906. The van der Waals surface area contributed by atoms with Gasteiger partial charge in [-0.3, -0.25) is 9.69 Å². The molecule has 0 spiro atoms. The molecule has 1 unspecified atom stereocenters. The van der Waals surface area contributed by atoms with E-state index in [2.05, 4.69) is 4.98 Å². The van der Waals surface area contributed by atoms with Crippen molar-refractivity contribution in [2.75, 3.05) is 13.1 Å². The predicted octanol–water partition coefficient (Wildman–Crippen LogP) is 3.49. The maximum absolute atomic E-state index is 14.1. The van der Waals surface area contributed by atoms with Crippen LogP contribution in [0, 0.1) is 5.92 Å². The van der Waals surface area contributed by atoms with E-state index in [1.165, 1.54) is 0 Å². The zero-order chi connectivity index (χ0) is 16.4. The summed E-state index contributed by atoms with van der Waals surface area (Å²) in [4.78, 5) is 15.9. The molecule has 3 rings (SSSR count). The van der Waals surface area contributed by atoms with Crippen molar-refractivity contribution in [3.8, 4) is 0 Å². The van der Waals surface area contributed by atoms with Crippen LogP contribution < -0.4 is 0 Å². The molecule has 0 radical (unpaired) electrons. The molecule has 2 aromatic rings. The number of hydrogen-bond acceptors (Lipinski definition) is 2. The summed E-state index contributed by atoms with van der Waals surface area (Å²) in [6, 6.07) is 8.05. The molecule has 1 aliphatic heterocycles. The maximum Gasteiger partial charge on any atom is 0.303 e. The van der Waals surface area contributed by atoms with Crippen molar-refractivity contribution in [2.45, 2.75) is 31.7 Å². The highest BCUT2D eigenvalue weighted by Crippen LogP contribution is 2.36. The maximum atomic E-state index is 14.1. The van der Waals surface area contributed by atoms with Gasteiger partial charge >= 0.3 is 5.97 Å². The normalized spacial score (nSPS) is 22.1. The summed E-state index contributed by atoms with van der Waals surface area (Å²) < 4.78 is 28.1. The van der Waals surface area contributed by atoms with Crippen LogP contribution in [0.3, 0.4) is 0 Å². The van der Waals surface area contributed by atoms with Gasteiger partial charge in [0.25, 0.3) is 5.92 Å². The standard InChI is InChI=1S/C17H20F2N2O2/c18-17(19)5-8-21(7-4-14(17)10-16(22)23)11-12-1-2-13-3-6-20-15(13)9-12/h1-3,6,9,14,20H,4-5,7-8,10-11H2,(H,22,23). The summed E-state index contributed by atoms with van der Waals surface area (Å²) in [5.74, 6) is -5.13. The molecule has 0 aliphatic carbocycles. The van der Waals surface area contributed by atoms with Crippen molar-refractivity contribution in [3.63, 3.8) is 0 Å². The molecule has 6 heteroatoms. The van der Waals surface area contributed by atoms with Crippen molar-refractivity contribution in [1.82, 2.24) is 9.88 Å². The highest BCUT2D eigenvalue weighted by molar-refractivity contribution is 5.79. The van der Waals surface area contributed by atoms with Gasteiger partial charge < -0.3 is 10.1 Å². The summed E-state index contributed by atoms with van der Waals surface area (Å²) in [6.45, 7) is 1.38. The Hall–Kier alpha value is -1.95. The van der Waals surface area contributed by atoms with Crippen LogP contribution in [0.5, 0.6) is 0 Å². The van der Waals surface area contributed by atoms with E-state index < -0.39 is 24.2 Å². The van der Waals surface area contributed by atoms with Crippen LogP contribution in [0.15, 0.2) is 30.5 Å². The Morgan fingerprint density at radius 3 is 2.96 bits per heavy atom. The van der Waals surface area contributed by atoms with E-state index in [1.807, 2.05) is 35.4 Å². The number of aromatic nitrogens is 1. The van der Waals surface area contributed by atoms with Crippen LogP contribution in [-0.2, 0) is 11.3 Å². The molecule has 124 valence electrons. The minimum atomic E-state index is -2.91. The molecule has 2 heterocycles. The largest absolute Gasteiger partial charge is 0.481 e. The summed E-state index contributed by atoms with van der Waals surface area (Å²) in [5, 5.41) is 9.94. The SMILES string of the molecule is O=C(O)CC1CCN(Cc2ccc3cc[nH]c3c2)CCC1(F)F. The first-order chi connectivity index (χ1) is 10.9. The van der Waals surface area contributed by atoms with Crippen LogP contribution in [0.25, 0.3) is 10.9 Å².